The Morgan fingerprint density at radius 1 is 1.10 bits per heavy atom. The minimum Gasteiger partial charge on any atom is -0.325 e. The molecule has 21 heavy (non-hydrogen) atoms. The standard InChI is InChI=1S/C17H17FN2O/c18-13-6-8-14(9-7-13)20-17(21)11-19-16-10-15(16)12-4-2-1-3-5-12/h1-9,15-16,19H,10-11H2,(H,20,21)/t15-,16+/m0/s1. The fraction of sp³-hybridized carbons (Fsp3) is 0.235. The Morgan fingerprint density at radius 2 is 1.81 bits per heavy atom. The van der Waals surface area contributed by atoms with Crippen LogP contribution in [0.4, 0.5) is 10.1 Å². The summed E-state index contributed by atoms with van der Waals surface area (Å²) >= 11 is 0. The summed E-state index contributed by atoms with van der Waals surface area (Å²) in [5.74, 6) is 0.0833. The summed E-state index contributed by atoms with van der Waals surface area (Å²) in [6, 6.07) is 16.4. The largest absolute Gasteiger partial charge is 0.325 e. The summed E-state index contributed by atoms with van der Waals surface area (Å²) in [7, 11) is 0. The highest BCUT2D eigenvalue weighted by Crippen LogP contribution is 2.40. The summed E-state index contributed by atoms with van der Waals surface area (Å²) in [6.07, 6.45) is 1.06. The Morgan fingerprint density at radius 3 is 2.52 bits per heavy atom. The summed E-state index contributed by atoms with van der Waals surface area (Å²) < 4.78 is 12.8. The first kappa shape index (κ1) is 13.8. The number of carbonyl (C=O) groups is 1. The maximum Gasteiger partial charge on any atom is 0.238 e. The van der Waals surface area contributed by atoms with Crippen LogP contribution in [0.2, 0.25) is 0 Å². The monoisotopic (exact) mass is 284 g/mol. The van der Waals surface area contributed by atoms with Gasteiger partial charge in [0.25, 0.3) is 0 Å². The number of hydrogen-bond acceptors (Lipinski definition) is 2. The van der Waals surface area contributed by atoms with Crippen LogP contribution in [0, 0.1) is 5.82 Å². The molecule has 0 bridgehead atoms. The van der Waals surface area contributed by atoms with E-state index in [0.717, 1.165) is 6.42 Å². The maximum absolute atomic E-state index is 12.8. The average molecular weight is 284 g/mol. The van der Waals surface area contributed by atoms with Crippen molar-refractivity contribution < 1.29 is 9.18 Å². The second kappa shape index (κ2) is 6.06. The van der Waals surface area contributed by atoms with Crippen LogP contribution >= 0.6 is 0 Å². The Kier molecular flexibility index (Phi) is 3.97. The highest BCUT2D eigenvalue weighted by Gasteiger charge is 2.37. The molecule has 3 nitrogen and oxygen atoms in total. The van der Waals surface area contributed by atoms with E-state index in [1.807, 2.05) is 18.2 Å². The Labute approximate surface area is 123 Å². The molecule has 0 aromatic heterocycles. The molecule has 0 aliphatic heterocycles. The van der Waals surface area contributed by atoms with E-state index < -0.39 is 0 Å². The van der Waals surface area contributed by atoms with Crippen LogP contribution in [0.1, 0.15) is 17.9 Å². The topological polar surface area (TPSA) is 41.1 Å². The predicted octanol–water partition coefficient (Wildman–Crippen LogP) is 2.91. The molecule has 0 saturated heterocycles. The molecule has 0 radical (unpaired) electrons. The first-order valence-corrected chi connectivity index (χ1v) is 7.06. The van der Waals surface area contributed by atoms with Gasteiger partial charge in [-0.1, -0.05) is 30.3 Å². The van der Waals surface area contributed by atoms with Crippen LogP contribution in [0.15, 0.2) is 54.6 Å². The van der Waals surface area contributed by atoms with Gasteiger partial charge in [-0.05, 0) is 36.2 Å². The van der Waals surface area contributed by atoms with Gasteiger partial charge in [0, 0.05) is 17.6 Å². The van der Waals surface area contributed by atoms with Crippen molar-refractivity contribution >= 4 is 11.6 Å². The lowest BCUT2D eigenvalue weighted by Gasteiger charge is -2.06. The molecule has 0 unspecified atom stereocenters. The Hall–Kier alpha value is -2.20. The number of benzene rings is 2. The zero-order valence-electron chi connectivity index (χ0n) is 11.6. The van der Waals surface area contributed by atoms with Crippen LogP contribution in [0.25, 0.3) is 0 Å². The maximum atomic E-state index is 12.8. The minimum absolute atomic E-state index is 0.111. The molecule has 1 saturated carbocycles. The van der Waals surface area contributed by atoms with Crippen LogP contribution < -0.4 is 10.6 Å². The van der Waals surface area contributed by atoms with Gasteiger partial charge in [0.05, 0.1) is 6.54 Å². The zero-order chi connectivity index (χ0) is 14.7. The molecule has 2 atom stereocenters. The number of carbonyl (C=O) groups excluding carboxylic acids is 1. The molecule has 0 spiro atoms. The fourth-order valence-electron chi connectivity index (χ4n) is 2.45. The Bertz CT molecular complexity index is 612. The molecule has 1 amide bonds. The molecule has 4 heteroatoms. The second-order valence-corrected chi connectivity index (χ2v) is 5.30. The molecule has 2 N–H and O–H groups in total. The number of nitrogens with one attached hydrogen (secondary N) is 2. The number of halogens is 1. The summed E-state index contributed by atoms with van der Waals surface area (Å²) in [6.45, 7) is 0.269. The fourth-order valence-corrected chi connectivity index (χ4v) is 2.45. The first-order chi connectivity index (χ1) is 10.2. The van der Waals surface area contributed by atoms with E-state index in [2.05, 4.69) is 22.8 Å². The van der Waals surface area contributed by atoms with E-state index in [1.54, 1.807) is 12.1 Å². The van der Waals surface area contributed by atoms with Gasteiger partial charge in [0.15, 0.2) is 0 Å². The molecular weight excluding hydrogens is 267 g/mol. The van der Waals surface area contributed by atoms with Gasteiger partial charge in [0.1, 0.15) is 5.82 Å². The molecule has 0 heterocycles. The quantitative estimate of drug-likeness (QED) is 0.886. The molecular formula is C17H17FN2O. The third kappa shape index (κ3) is 3.67. The smallest absolute Gasteiger partial charge is 0.238 e. The number of amides is 1. The molecule has 1 aliphatic carbocycles. The highest BCUT2D eigenvalue weighted by atomic mass is 19.1. The molecule has 1 fully saturated rings. The van der Waals surface area contributed by atoms with Crippen molar-refractivity contribution in [3.63, 3.8) is 0 Å². The van der Waals surface area contributed by atoms with E-state index in [9.17, 15) is 9.18 Å². The molecule has 108 valence electrons. The molecule has 3 rings (SSSR count). The third-order valence-electron chi connectivity index (χ3n) is 3.67. The second-order valence-electron chi connectivity index (χ2n) is 5.30. The van der Waals surface area contributed by atoms with Crippen LogP contribution in [-0.4, -0.2) is 18.5 Å². The van der Waals surface area contributed by atoms with Crippen molar-refractivity contribution in [3.05, 3.63) is 66.0 Å². The van der Waals surface area contributed by atoms with E-state index in [-0.39, 0.29) is 18.3 Å². The van der Waals surface area contributed by atoms with E-state index in [1.165, 1.54) is 17.7 Å². The van der Waals surface area contributed by atoms with Crippen LogP contribution in [0.5, 0.6) is 0 Å². The normalized spacial score (nSPS) is 20.0. The highest BCUT2D eigenvalue weighted by molar-refractivity contribution is 5.92. The van der Waals surface area contributed by atoms with Crippen molar-refractivity contribution in [2.45, 2.75) is 18.4 Å². The van der Waals surface area contributed by atoms with Crippen molar-refractivity contribution in [1.29, 1.82) is 0 Å². The van der Waals surface area contributed by atoms with Gasteiger partial charge < -0.3 is 10.6 Å². The van der Waals surface area contributed by atoms with Crippen molar-refractivity contribution in [2.75, 3.05) is 11.9 Å². The van der Waals surface area contributed by atoms with Gasteiger partial charge >= 0.3 is 0 Å². The summed E-state index contributed by atoms with van der Waals surface area (Å²) in [5, 5.41) is 5.99. The zero-order valence-corrected chi connectivity index (χ0v) is 11.6. The van der Waals surface area contributed by atoms with E-state index in [0.29, 0.717) is 17.6 Å². The first-order valence-electron chi connectivity index (χ1n) is 7.06. The van der Waals surface area contributed by atoms with Gasteiger partial charge in [-0.15, -0.1) is 0 Å². The molecule has 2 aromatic carbocycles. The lowest BCUT2D eigenvalue weighted by molar-refractivity contribution is -0.115. The lowest BCUT2D eigenvalue weighted by atomic mass is 10.1. The van der Waals surface area contributed by atoms with E-state index in [4.69, 9.17) is 0 Å². The van der Waals surface area contributed by atoms with E-state index >= 15 is 0 Å². The van der Waals surface area contributed by atoms with Crippen molar-refractivity contribution in [2.24, 2.45) is 0 Å². The SMILES string of the molecule is O=C(CN[C@@H]1C[C@H]1c1ccccc1)Nc1ccc(F)cc1. The number of rotatable bonds is 5. The minimum atomic E-state index is -0.310. The van der Waals surface area contributed by atoms with Gasteiger partial charge in [0.2, 0.25) is 5.91 Å². The number of hydrogen-bond donors (Lipinski definition) is 2. The molecule has 2 aromatic rings. The van der Waals surface area contributed by atoms with Crippen molar-refractivity contribution in [1.82, 2.24) is 5.32 Å². The van der Waals surface area contributed by atoms with Gasteiger partial charge in [-0.2, -0.15) is 0 Å². The molecule has 1 aliphatic rings. The predicted molar refractivity (Wildman–Crippen MR) is 80.6 cm³/mol. The summed E-state index contributed by atoms with van der Waals surface area (Å²) in [4.78, 5) is 11.8. The van der Waals surface area contributed by atoms with Crippen LogP contribution in [0.3, 0.4) is 0 Å². The third-order valence-corrected chi connectivity index (χ3v) is 3.67. The van der Waals surface area contributed by atoms with Crippen molar-refractivity contribution in [3.8, 4) is 0 Å². The number of anilines is 1. The average Bonchev–Trinajstić information content (AvgIpc) is 3.28. The lowest BCUT2D eigenvalue weighted by Crippen LogP contribution is -2.30. The Balaban J connectivity index is 1.44. The summed E-state index contributed by atoms with van der Waals surface area (Å²) in [5.41, 5.74) is 1.92. The van der Waals surface area contributed by atoms with Crippen LogP contribution in [-0.2, 0) is 4.79 Å². The van der Waals surface area contributed by atoms with Gasteiger partial charge in [-0.25, -0.2) is 4.39 Å². The van der Waals surface area contributed by atoms with Gasteiger partial charge in [-0.3, -0.25) is 4.79 Å².